The van der Waals surface area contributed by atoms with Gasteiger partial charge in [-0.2, -0.15) is 15.8 Å². The molecule has 0 aromatic carbocycles. The molecule has 0 aliphatic carbocycles. The number of aromatic amines is 1. The number of thiophene rings is 1. The third-order valence-electron chi connectivity index (χ3n) is 4.48. The number of rotatable bonds is 6. The van der Waals surface area contributed by atoms with Crippen LogP contribution >= 0.6 is 23.1 Å². The molecule has 1 atom stereocenters. The Kier molecular flexibility index (Phi) is 7.01. The van der Waals surface area contributed by atoms with Crippen molar-refractivity contribution >= 4 is 34.9 Å². The predicted octanol–water partition coefficient (Wildman–Crippen LogP) is 2.30. The van der Waals surface area contributed by atoms with Crippen LogP contribution in [0.1, 0.15) is 28.8 Å². The lowest BCUT2D eigenvalue weighted by molar-refractivity contribution is -0.410. The molecule has 0 saturated carbocycles. The van der Waals surface area contributed by atoms with E-state index in [2.05, 4.69) is 4.98 Å². The number of hydrogen-bond acceptors (Lipinski definition) is 10. The summed E-state index contributed by atoms with van der Waals surface area (Å²) in [6.45, 7) is 1.82. The number of H-pyrrole nitrogens is 1. The maximum absolute atomic E-state index is 12.9. The van der Waals surface area contributed by atoms with Crippen molar-refractivity contribution in [3.05, 3.63) is 62.4 Å². The summed E-state index contributed by atoms with van der Waals surface area (Å²) >= 11 is 2.52. The van der Waals surface area contributed by atoms with Crippen LogP contribution in [0.5, 0.6) is 0 Å². The number of pyridine rings is 1. The first-order valence-corrected chi connectivity index (χ1v) is 11.1. The zero-order valence-corrected chi connectivity index (χ0v) is 18.5. The van der Waals surface area contributed by atoms with Gasteiger partial charge in [0.1, 0.15) is 40.7 Å². The van der Waals surface area contributed by atoms with E-state index in [9.17, 15) is 15.3 Å². The van der Waals surface area contributed by atoms with Gasteiger partial charge in [0.25, 0.3) is 5.82 Å². The van der Waals surface area contributed by atoms with E-state index in [1.807, 2.05) is 29.7 Å². The third-order valence-corrected chi connectivity index (χ3v) is 6.43. The molecule has 160 valence electrons. The lowest BCUT2D eigenvalue weighted by atomic mass is 9.87. The van der Waals surface area contributed by atoms with Crippen LogP contribution in [-0.2, 0) is 14.3 Å². The Balaban J connectivity index is 2.06. The summed E-state index contributed by atoms with van der Waals surface area (Å²) in [6, 6.07) is 11.0. The van der Waals surface area contributed by atoms with Gasteiger partial charge in [0.05, 0.1) is 23.9 Å². The van der Waals surface area contributed by atoms with Gasteiger partial charge in [-0.15, -0.1) is 11.3 Å². The zero-order valence-electron chi connectivity index (χ0n) is 16.8. The van der Waals surface area contributed by atoms with Gasteiger partial charge < -0.3 is 15.2 Å². The number of ether oxygens (including phenoxy) is 2. The minimum Gasteiger partial charge on any atom is -0.463 e. The van der Waals surface area contributed by atoms with Crippen LogP contribution < -0.4 is 16.5 Å². The molecule has 3 heterocycles. The Morgan fingerprint density at radius 1 is 1.28 bits per heavy atom. The molecule has 0 spiro atoms. The number of carbonyl (C=O) groups is 1. The van der Waals surface area contributed by atoms with Gasteiger partial charge in [-0.25, -0.2) is 9.78 Å². The van der Waals surface area contributed by atoms with E-state index in [0.717, 1.165) is 16.6 Å². The highest BCUT2D eigenvalue weighted by Crippen LogP contribution is 2.42. The van der Waals surface area contributed by atoms with Crippen molar-refractivity contribution in [1.29, 1.82) is 15.8 Å². The smallest absolute Gasteiger partial charge is 0.338 e. The maximum atomic E-state index is 12.9. The van der Waals surface area contributed by atoms with Crippen LogP contribution in [0.25, 0.3) is 0 Å². The lowest BCUT2D eigenvalue weighted by Crippen LogP contribution is -2.27. The number of hydrogen-bond donors (Lipinski definition) is 2. The molecule has 1 aliphatic heterocycles. The largest absolute Gasteiger partial charge is 0.463 e. The molecule has 0 fully saturated rings. The summed E-state index contributed by atoms with van der Waals surface area (Å²) < 4.78 is 10.9. The molecule has 2 aromatic rings. The van der Waals surface area contributed by atoms with Crippen molar-refractivity contribution in [2.24, 2.45) is 5.73 Å². The van der Waals surface area contributed by atoms with Crippen molar-refractivity contribution in [3.8, 4) is 18.2 Å². The average Bonchev–Trinajstić information content (AvgIpc) is 3.31. The number of nitrogen functional groups attached to an aromatic ring is 1. The zero-order chi connectivity index (χ0) is 23.3. The number of nitrogens with one attached hydrogen (secondary N) is 1. The van der Waals surface area contributed by atoms with Crippen LogP contribution in [0.4, 0.5) is 5.82 Å². The van der Waals surface area contributed by atoms with Gasteiger partial charge in [0.2, 0.25) is 5.88 Å². The minimum absolute atomic E-state index is 0.0892. The van der Waals surface area contributed by atoms with Gasteiger partial charge in [-0.3, -0.25) is 5.73 Å². The second-order valence-electron chi connectivity index (χ2n) is 6.35. The summed E-state index contributed by atoms with van der Waals surface area (Å²) in [5.41, 5.74) is 12.5. The van der Waals surface area contributed by atoms with Gasteiger partial charge in [0.15, 0.2) is 5.03 Å². The van der Waals surface area contributed by atoms with E-state index < -0.39 is 11.9 Å². The highest BCUT2D eigenvalue weighted by molar-refractivity contribution is 7.99. The molecule has 1 aliphatic rings. The van der Waals surface area contributed by atoms with E-state index in [-0.39, 0.29) is 52.1 Å². The fourth-order valence-electron chi connectivity index (χ4n) is 3.07. The Morgan fingerprint density at radius 2 is 2.03 bits per heavy atom. The number of nitrogens with two attached hydrogens (primary N) is 2. The minimum atomic E-state index is -0.728. The highest BCUT2D eigenvalue weighted by Gasteiger charge is 2.38. The summed E-state index contributed by atoms with van der Waals surface area (Å²) in [5.74, 6) is -1.03. The van der Waals surface area contributed by atoms with Gasteiger partial charge in [0, 0.05) is 4.88 Å². The summed E-state index contributed by atoms with van der Waals surface area (Å²) in [4.78, 5) is 16.5. The summed E-state index contributed by atoms with van der Waals surface area (Å²) in [5, 5.41) is 30.5. The molecule has 0 amide bonds. The SMILES string of the molecule is CCOC(=O)C1=C(CSc2[nH+]c(N)c(C#N)cc2C#N)OC(N)=C(C#N)[C@@H]1c1cccs1. The third kappa shape index (κ3) is 4.37. The van der Waals surface area contributed by atoms with Crippen LogP contribution in [0.3, 0.4) is 0 Å². The Labute approximate surface area is 192 Å². The molecular formula is C21H17N6O3S2+. The standard InChI is InChI=1S/C21H16N6O3S2/c1-2-29-21(28)17-14(10-32-20-12(8-23)6-11(7-22)18(25)27-20)30-19(26)13(9-24)16(17)15-4-3-5-31-15/h3-6,16H,2,10,26H2,1H3,(H2,25,27)/p+1/t16-/m1/s1. The topological polar surface area (TPSA) is 173 Å². The maximum Gasteiger partial charge on any atom is 0.338 e. The lowest BCUT2D eigenvalue weighted by Gasteiger charge is -2.27. The van der Waals surface area contributed by atoms with E-state index in [4.69, 9.17) is 26.2 Å². The van der Waals surface area contributed by atoms with E-state index in [1.165, 1.54) is 17.4 Å². The Hall–Kier alpha value is -3.98. The first-order valence-electron chi connectivity index (χ1n) is 9.25. The van der Waals surface area contributed by atoms with Crippen molar-refractivity contribution in [2.75, 3.05) is 18.1 Å². The predicted molar refractivity (Wildman–Crippen MR) is 116 cm³/mol. The fraction of sp³-hybridized carbons (Fsp3) is 0.190. The number of allylic oxidation sites excluding steroid dienone is 1. The number of nitrogens with zero attached hydrogens (tertiary/aromatic N) is 3. The number of aromatic nitrogens is 1. The van der Waals surface area contributed by atoms with E-state index in [0.29, 0.717) is 5.03 Å². The molecule has 2 aromatic heterocycles. The second-order valence-corrected chi connectivity index (χ2v) is 8.31. The number of thioether (sulfide) groups is 1. The monoisotopic (exact) mass is 465 g/mol. The van der Waals surface area contributed by atoms with Crippen LogP contribution in [-0.4, -0.2) is 18.3 Å². The van der Waals surface area contributed by atoms with Crippen LogP contribution in [0.2, 0.25) is 0 Å². The molecule has 0 bridgehead atoms. The summed E-state index contributed by atoms with van der Waals surface area (Å²) in [7, 11) is 0. The number of anilines is 1. The average molecular weight is 466 g/mol. The molecule has 0 saturated heterocycles. The normalized spacial score (nSPS) is 15.4. The molecule has 32 heavy (non-hydrogen) atoms. The number of esters is 1. The molecule has 0 unspecified atom stereocenters. The van der Waals surface area contributed by atoms with Crippen molar-refractivity contribution in [2.45, 2.75) is 17.9 Å². The molecule has 3 rings (SSSR count). The van der Waals surface area contributed by atoms with Crippen molar-refractivity contribution in [3.63, 3.8) is 0 Å². The fourth-order valence-corrected chi connectivity index (χ4v) is 4.84. The van der Waals surface area contributed by atoms with E-state index in [1.54, 1.807) is 13.0 Å². The molecule has 11 heteroatoms. The van der Waals surface area contributed by atoms with Crippen molar-refractivity contribution in [1.82, 2.24) is 0 Å². The quantitative estimate of drug-likeness (QED) is 0.479. The Bertz CT molecular complexity index is 1250. The van der Waals surface area contributed by atoms with Crippen LogP contribution in [0, 0.1) is 34.0 Å². The molecular weight excluding hydrogens is 448 g/mol. The van der Waals surface area contributed by atoms with E-state index >= 15 is 0 Å². The molecule has 5 N–H and O–H groups in total. The van der Waals surface area contributed by atoms with Gasteiger partial charge in [-0.05, 0) is 24.4 Å². The number of nitriles is 3. The van der Waals surface area contributed by atoms with Gasteiger partial charge >= 0.3 is 5.97 Å². The summed E-state index contributed by atoms with van der Waals surface area (Å²) in [6.07, 6.45) is 0. The second kappa shape index (κ2) is 9.88. The molecule has 9 nitrogen and oxygen atoms in total. The molecule has 0 radical (unpaired) electrons. The van der Waals surface area contributed by atoms with Crippen LogP contribution in [0.15, 0.2) is 51.4 Å². The van der Waals surface area contributed by atoms with Gasteiger partial charge in [-0.1, -0.05) is 17.8 Å². The first kappa shape index (κ1) is 22.7. The first-order chi connectivity index (χ1) is 15.4. The highest BCUT2D eigenvalue weighted by atomic mass is 32.2. The Morgan fingerprint density at radius 3 is 2.62 bits per heavy atom. The number of carbonyl (C=O) groups excluding carboxylic acids is 1. The van der Waals surface area contributed by atoms with Crippen molar-refractivity contribution < 1.29 is 19.3 Å².